The minimum atomic E-state index is -1.53. The van der Waals surface area contributed by atoms with Gasteiger partial charge in [-0.3, -0.25) is 9.59 Å². The average Bonchev–Trinajstić information content (AvgIpc) is 3.48. The van der Waals surface area contributed by atoms with E-state index in [9.17, 15) is 19.5 Å². The molecule has 0 spiro atoms. The second kappa shape index (κ2) is 65.7. The number of nitrogens with zero attached hydrogens (tertiary/aromatic N) is 1. The third kappa shape index (κ3) is 67.1. The quantitative estimate of drug-likeness (QED) is 0.0211. The number of likely N-dealkylation sites (N-methyl/N-ethyl adjacent to an activating group) is 1. The highest BCUT2D eigenvalue weighted by atomic mass is 16.7. The van der Waals surface area contributed by atoms with E-state index >= 15 is 0 Å². The van der Waals surface area contributed by atoms with Gasteiger partial charge in [0.25, 0.3) is 6.29 Å². The topological polar surface area (TPSA) is 108 Å². The van der Waals surface area contributed by atoms with Gasteiger partial charge in [0.15, 0.2) is 6.10 Å². The van der Waals surface area contributed by atoms with Crippen molar-refractivity contribution in [2.75, 3.05) is 47.5 Å². The van der Waals surface area contributed by atoms with Crippen LogP contribution in [0.1, 0.15) is 284 Å². The lowest BCUT2D eigenvalue weighted by atomic mass is 10.0. The summed E-state index contributed by atoms with van der Waals surface area (Å²) in [5.74, 6) is -2.12. The zero-order chi connectivity index (χ0) is 61.9. The number of hydrogen-bond acceptors (Lipinski definition) is 7. The lowest BCUT2D eigenvalue weighted by molar-refractivity contribution is -0.870. The number of carbonyl (C=O) groups excluding carboxylic acids is 2. The van der Waals surface area contributed by atoms with Crippen LogP contribution in [-0.2, 0) is 33.3 Å². The molecule has 85 heavy (non-hydrogen) atoms. The minimum absolute atomic E-state index is 0.131. The summed E-state index contributed by atoms with van der Waals surface area (Å²) in [4.78, 5) is 37.5. The first-order chi connectivity index (χ1) is 41.6. The molecule has 0 amide bonds. The standard InChI is InChI=1S/C76H129NO8/c1-6-8-10-12-14-16-18-20-22-24-26-27-28-29-30-31-32-33-34-35-36-37-38-39-40-41-42-43-44-45-46-47-49-50-52-54-56-58-60-62-64-66-73(78)83-70-72(71-84-76(75(80)81)82-69-68-77(3,4)5)85-74(79)67-65-63-61-59-57-55-53-51-48-25-23-21-19-17-15-13-11-9-7-2/h8-11,14-17,20-23,26-27,48,51,55,57,61,63,72,76H,6-7,12-13,18-19,24-25,28-47,49-50,52-54,56,58-60,62,64-71H2,1-5H3/p+1/b10-8-,11-9-,16-14-,17-15-,22-20-,23-21-,27-26-,51-48-,57-55-,63-61-. The maximum atomic E-state index is 12.9. The van der Waals surface area contributed by atoms with Gasteiger partial charge < -0.3 is 28.5 Å². The van der Waals surface area contributed by atoms with Gasteiger partial charge in [-0.2, -0.15) is 0 Å². The van der Waals surface area contributed by atoms with Gasteiger partial charge in [0.05, 0.1) is 34.4 Å². The molecule has 2 atom stereocenters. The summed E-state index contributed by atoms with van der Waals surface area (Å²) < 4.78 is 22.8. The Hall–Kier alpha value is -4.31. The fraction of sp³-hybridized carbons (Fsp3) is 0.697. The average molecular weight is 1190 g/mol. The second-order valence-corrected chi connectivity index (χ2v) is 24.1. The Morgan fingerprint density at radius 3 is 0.988 bits per heavy atom. The SMILES string of the molecule is CC/C=C\C/C=C\C/C=C\C/C=C\C/C=C\C/C=C\CCC(=O)OC(COC(=O)CCCCCCCCCCCCCCCCCCCCCCCCCCCCCC/C=C\C/C=C\C/C=C\C/C=C\CC)COC(OCC[N+](C)(C)C)C(=O)O. The molecule has 2 unspecified atom stereocenters. The lowest BCUT2D eigenvalue weighted by Gasteiger charge is -2.25. The Morgan fingerprint density at radius 2 is 0.659 bits per heavy atom. The maximum Gasteiger partial charge on any atom is 0.361 e. The van der Waals surface area contributed by atoms with Crippen molar-refractivity contribution in [2.45, 2.75) is 296 Å². The number of carboxylic acids is 1. The van der Waals surface area contributed by atoms with Crippen LogP contribution in [0.2, 0.25) is 0 Å². The summed E-state index contributed by atoms with van der Waals surface area (Å²) in [7, 11) is 5.95. The molecule has 0 aromatic carbocycles. The Bertz CT molecular complexity index is 1810. The third-order valence-electron chi connectivity index (χ3n) is 14.7. The van der Waals surface area contributed by atoms with Gasteiger partial charge in [0.1, 0.15) is 13.2 Å². The van der Waals surface area contributed by atoms with E-state index in [4.69, 9.17) is 18.9 Å². The summed E-state index contributed by atoms with van der Waals surface area (Å²) in [6.07, 6.45) is 90.7. The van der Waals surface area contributed by atoms with Crippen molar-refractivity contribution in [2.24, 2.45) is 0 Å². The number of rotatable bonds is 63. The summed E-state index contributed by atoms with van der Waals surface area (Å²) in [5.41, 5.74) is 0. The largest absolute Gasteiger partial charge is 0.477 e. The van der Waals surface area contributed by atoms with Crippen molar-refractivity contribution >= 4 is 17.9 Å². The number of hydrogen-bond donors (Lipinski definition) is 1. The molecular formula is C76H130NO8+. The molecule has 0 aliphatic rings. The Labute approximate surface area is 523 Å². The van der Waals surface area contributed by atoms with Gasteiger partial charge in [-0.05, 0) is 89.9 Å². The van der Waals surface area contributed by atoms with Crippen molar-refractivity contribution in [1.29, 1.82) is 0 Å². The van der Waals surface area contributed by atoms with Crippen molar-refractivity contribution in [3.05, 3.63) is 122 Å². The summed E-state index contributed by atoms with van der Waals surface area (Å²) in [6.45, 7) is 4.57. The second-order valence-electron chi connectivity index (χ2n) is 24.1. The highest BCUT2D eigenvalue weighted by Crippen LogP contribution is 2.18. The van der Waals surface area contributed by atoms with Crippen LogP contribution in [0, 0.1) is 0 Å². The summed E-state index contributed by atoms with van der Waals surface area (Å²) in [5, 5.41) is 9.72. The smallest absolute Gasteiger partial charge is 0.361 e. The van der Waals surface area contributed by atoms with E-state index in [1.807, 2.05) is 33.3 Å². The number of ether oxygens (including phenoxy) is 4. The molecule has 0 bridgehead atoms. The van der Waals surface area contributed by atoms with Crippen LogP contribution in [0.3, 0.4) is 0 Å². The molecule has 0 aromatic rings. The predicted molar refractivity (Wildman–Crippen MR) is 364 cm³/mol. The fourth-order valence-electron chi connectivity index (χ4n) is 9.50. The van der Waals surface area contributed by atoms with Crippen molar-refractivity contribution in [3.63, 3.8) is 0 Å². The van der Waals surface area contributed by atoms with Gasteiger partial charge in [-0.15, -0.1) is 0 Å². The normalized spacial score (nSPS) is 13.5. The van der Waals surface area contributed by atoms with Gasteiger partial charge in [0.2, 0.25) is 0 Å². The summed E-state index contributed by atoms with van der Waals surface area (Å²) >= 11 is 0. The molecule has 0 rings (SSSR count). The maximum absolute atomic E-state index is 12.9. The van der Waals surface area contributed by atoms with E-state index in [2.05, 4.69) is 123 Å². The van der Waals surface area contributed by atoms with E-state index in [0.29, 0.717) is 17.4 Å². The predicted octanol–water partition coefficient (Wildman–Crippen LogP) is 21.6. The van der Waals surface area contributed by atoms with E-state index in [-0.39, 0.29) is 38.6 Å². The van der Waals surface area contributed by atoms with Crippen LogP contribution >= 0.6 is 0 Å². The van der Waals surface area contributed by atoms with Gasteiger partial charge in [0, 0.05) is 12.8 Å². The van der Waals surface area contributed by atoms with Crippen LogP contribution in [0.5, 0.6) is 0 Å². The molecule has 0 radical (unpaired) electrons. The third-order valence-corrected chi connectivity index (χ3v) is 14.7. The van der Waals surface area contributed by atoms with Gasteiger partial charge >= 0.3 is 17.9 Å². The van der Waals surface area contributed by atoms with Gasteiger partial charge in [-0.1, -0.05) is 302 Å². The van der Waals surface area contributed by atoms with E-state index in [1.165, 1.54) is 167 Å². The highest BCUT2D eigenvalue weighted by molar-refractivity contribution is 5.71. The molecule has 9 nitrogen and oxygen atoms in total. The molecular weight excluding hydrogens is 1050 g/mol. The minimum Gasteiger partial charge on any atom is -0.477 e. The van der Waals surface area contributed by atoms with Crippen LogP contribution in [-0.4, -0.2) is 87.4 Å². The molecule has 0 aliphatic carbocycles. The number of carbonyl (C=O) groups is 3. The number of carboxylic acid groups (broad SMARTS) is 1. The molecule has 0 heterocycles. The molecule has 0 fully saturated rings. The zero-order valence-corrected chi connectivity index (χ0v) is 55.5. The van der Waals surface area contributed by atoms with Crippen LogP contribution in [0.25, 0.3) is 0 Å². The van der Waals surface area contributed by atoms with Crippen molar-refractivity contribution in [1.82, 2.24) is 0 Å². The van der Waals surface area contributed by atoms with E-state index in [0.717, 1.165) is 83.5 Å². The molecule has 0 saturated heterocycles. The molecule has 0 aliphatic heterocycles. The van der Waals surface area contributed by atoms with Crippen LogP contribution < -0.4 is 0 Å². The zero-order valence-electron chi connectivity index (χ0n) is 55.5. The number of allylic oxidation sites excluding steroid dienone is 20. The molecule has 9 heteroatoms. The Kier molecular flexibility index (Phi) is 62.3. The molecule has 0 aromatic heterocycles. The highest BCUT2D eigenvalue weighted by Gasteiger charge is 2.25. The lowest BCUT2D eigenvalue weighted by Crippen LogP contribution is -2.40. The number of aliphatic carboxylic acids is 1. The Morgan fingerprint density at radius 1 is 0.353 bits per heavy atom. The van der Waals surface area contributed by atoms with E-state index < -0.39 is 24.3 Å². The molecule has 486 valence electrons. The molecule has 1 N–H and O–H groups in total. The first-order valence-corrected chi connectivity index (χ1v) is 34.7. The molecule has 0 saturated carbocycles. The van der Waals surface area contributed by atoms with Crippen LogP contribution in [0.4, 0.5) is 0 Å². The summed E-state index contributed by atoms with van der Waals surface area (Å²) in [6, 6.07) is 0. The van der Waals surface area contributed by atoms with Crippen molar-refractivity contribution < 1.29 is 42.9 Å². The van der Waals surface area contributed by atoms with Gasteiger partial charge in [-0.25, -0.2) is 4.79 Å². The van der Waals surface area contributed by atoms with E-state index in [1.54, 1.807) is 0 Å². The van der Waals surface area contributed by atoms with Crippen LogP contribution in [0.15, 0.2) is 122 Å². The monoisotopic (exact) mass is 1180 g/mol. The number of unbranched alkanes of at least 4 members (excludes halogenated alkanes) is 28. The fourth-order valence-corrected chi connectivity index (χ4v) is 9.50. The first-order valence-electron chi connectivity index (χ1n) is 34.7. The Balaban J connectivity index is 4.01. The number of quaternary nitrogens is 1. The van der Waals surface area contributed by atoms with Crippen molar-refractivity contribution in [3.8, 4) is 0 Å². The first kappa shape index (κ1) is 80.7. The number of esters is 2.